The Morgan fingerprint density at radius 1 is 1.35 bits per heavy atom. The molecule has 2 aliphatic rings. The van der Waals surface area contributed by atoms with Gasteiger partial charge >= 0.3 is 6.18 Å². The Morgan fingerprint density at radius 2 is 2.15 bits per heavy atom. The van der Waals surface area contributed by atoms with Crippen LogP contribution in [0.3, 0.4) is 0 Å². The van der Waals surface area contributed by atoms with E-state index in [1.165, 1.54) is 10.6 Å². The maximum atomic E-state index is 12.8. The van der Waals surface area contributed by atoms with Crippen molar-refractivity contribution < 1.29 is 23.2 Å². The number of halogens is 3. The highest BCUT2D eigenvalue weighted by Gasteiger charge is 2.57. The molecule has 5 nitrogen and oxygen atoms in total. The van der Waals surface area contributed by atoms with Crippen LogP contribution in [0.5, 0.6) is 0 Å². The molecule has 0 aliphatic heterocycles. The lowest BCUT2D eigenvalue weighted by Gasteiger charge is -2.12. The van der Waals surface area contributed by atoms with Gasteiger partial charge in [0.25, 0.3) is 0 Å². The lowest BCUT2D eigenvalue weighted by atomic mass is 9.92. The number of hydrogen-bond donors (Lipinski definition) is 2. The van der Waals surface area contributed by atoms with Crippen molar-refractivity contribution in [3.05, 3.63) is 60.1 Å². The Balaban J connectivity index is 1.67. The quantitative estimate of drug-likeness (QED) is 0.649. The molecule has 2 N–H and O–H groups in total. The van der Waals surface area contributed by atoms with Crippen molar-refractivity contribution in [1.29, 1.82) is 0 Å². The number of nitrogens with one attached hydrogen (secondary N) is 1. The van der Waals surface area contributed by atoms with E-state index in [-0.39, 0.29) is 23.4 Å². The maximum Gasteiger partial charge on any atom is 0.434 e. The first-order valence-electron chi connectivity index (χ1n) is 8.23. The molecule has 4 rings (SSSR count). The minimum Gasteiger partial charge on any atom is -0.306 e. The molecule has 26 heavy (non-hydrogen) atoms. The van der Waals surface area contributed by atoms with Crippen LogP contribution in [0.15, 0.2) is 48.8 Å². The first-order chi connectivity index (χ1) is 12.4. The molecule has 2 heterocycles. The zero-order chi connectivity index (χ0) is 18.5. The van der Waals surface area contributed by atoms with E-state index in [0.29, 0.717) is 0 Å². The van der Waals surface area contributed by atoms with Crippen LogP contribution in [-0.2, 0) is 11.0 Å². The summed E-state index contributed by atoms with van der Waals surface area (Å²) in [5, 5.41) is 9.02. The summed E-state index contributed by atoms with van der Waals surface area (Å²) in [6.07, 6.45) is 6.64. The summed E-state index contributed by atoms with van der Waals surface area (Å²) in [6, 6.07) is 3.29. The molecule has 1 saturated carbocycles. The van der Waals surface area contributed by atoms with Crippen LogP contribution in [0.2, 0.25) is 0 Å². The van der Waals surface area contributed by atoms with Crippen LogP contribution in [0, 0.1) is 17.8 Å². The Hall–Kier alpha value is -2.61. The van der Waals surface area contributed by atoms with Gasteiger partial charge in [0, 0.05) is 18.3 Å². The van der Waals surface area contributed by atoms with Crippen molar-refractivity contribution in [1.82, 2.24) is 14.9 Å². The van der Waals surface area contributed by atoms with Crippen molar-refractivity contribution in [2.45, 2.75) is 18.5 Å². The molecule has 2 aliphatic carbocycles. The van der Waals surface area contributed by atoms with Gasteiger partial charge in [-0.15, -0.1) is 0 Å². The number of imidazole rings is 1. The number of hydroxylamine groups is 1. The molecule has 0 saturated heterocycles. The third-order valence-electron chi connectivity index (χ3n) is 5.16. The van der Waals surface area contributed by atoms with Gasteiger partial charge in [0.05, 0.1) is 5.92 Å². The fourth-order valence-electron chi connectivity index (χ4n) is 3.94. The van der Waals surface area contributed by atoms with Gasteiger partial charge in [-0.3, -0.25) is 10.0 Å². The van der Waals surface area contributed by atoms with E-state index in [1.54, 1.807) is 17.6 Å². The molecule has 0 spiro atoms. The second kappa shape index (κ2) is 5.98. The van der Waals surface area contributed by atoms with E-state index in [1.807, 2.05) is 24.3 Å². The number of allylic oxidation sites excluding steroid dienone is 4. The SMILES string of the molecule is O=C(NO)[C@H]1[C@H](c2ccn3cc(C(F)(F)F)nc3c2)[C@H]1C1C=CC=CC1. The average Bonchev–Trinajstić information content (AvgIpc) is 3.22. The number of alkyl halides is 3. The number of hydrogen-bond acceptors (Lipinski definition) is 3. The minimum atomic E-state index is -4.51. The van der Waals surface area contributed by atoms with Gasteiger partial charge < -0.3 is 4.40 Å². The predicted molar refractivity (Wildman–Crippen MR) is 86.2 cm³/mol. The van der Waals surface area contributed by atoms with E-state index >= 15 is 0 Å². The van der Waals surface area contributed by atoms with Crippen molar-refractivity contribution >= 4 is 11.6 Å². The summed E-state index contributed by atoms with van der Waals surface area (Å²) in [6.45, 7) is 0. The van der Waals surface area contributed by atoms with Crippen molar-refractivity contribution in [2.24, 2.45) is 17.8 Å². The number of aromatic nitrogens is 2. The molecule has 4 atom stereocenters. The lowest BCUT2D eigenvalue weighted by molar-refractivity contribution is -0.140. The van der Waals surface area contributed by atoms with Gasteiger partial charge in [-0.05, 0) is 36.0 Å². The Bertz CT molecular complexity index is 916. The summed E-state index contributed by atoms with van der Waals surface area (Å²) in [4.78, 5) is 15.7. The van der Waals surface area contributed by atoms with E-state index in [4.69, 9.17) is 5.21 Å². The monoisotopic (exact) mass is 363 g/mol. The molecule has 0 radical (unpaired) electrons. The van der Waals surface area contributed by atoms with E-state index in [2.05, 4.69) is 4.98 Å². The molecule has 8 heteroatoms. The van der Waals surface area contributed by atoms with E-state index < -0.39 is 23.7 Å². The second-order valence-corrected chi connectivity index (χ2v) is 6.67. The van der Waals surface area contributed by atoms with E-state index in [0.717, 1.165) is 18.2 Å². The molecule has 2 aromatic rings. The van der Waals surface area contributed by atoms with Crippen molar-refractivity contribution in [3.63, 3.8) is 0 Å². The molecule has 2 aromatic heterocycles. The number of carbonyl (C=O) groups excluding carboxylic acids is 1. The van der Waals surface area contributed by atoms with Crippen LogP contribution in [-0.4, -0.2) is 20.5 Å². The Labute approximate surface area is 146 Å². The summed E-state index contributed by atoms with van der Waals surface area (Å²) in [5.74, 6) is -0.918. The maximum absolute atomic E-state index is 12.8. The normalized spacial score (nSPS) is 27.7. The lowest BCUT2D eigenvalue weighted by Crippen LogP contribution is -2.22. The zero-order valence-corrected chi connectivity index (χ0v) is 13.5. The molecule has 0 aromatic carbocycles. The fraction of sp³-hybridized carbons (Fsp3) is 0.333. The number of rotatable bonds is 3. The van der Waals surface area contributed by atoms with E-state index in [9.17, 15) is 18.0 Å². The summed E-state index contributed by atoms with van der Waals surface area (Å²) < 4.78 is 39.9. The van der Waals surface area contributed by atoms with Crippen LogP contribution in [0.1, 0.15) is 23.6 Å². The van der Waals surface area contributed by atoms with Crippen molar-refractivity contribution in [2.75, 3.05) is 0 Å². The van der Waals surface area contributed by atoms with Crippen LogP contribution >= 0.6 is 0 Å². The van der Waals surface area contributed by atoms with Gasteiger partial charge in [-0.2, -0.15) is 13.2 Å². The topological polar surface area (TPSA) is 66.6 Å². The number of pyridine rings is 1. The smallest absolute Gasteiger partial charge is 0.306 e. The molecule has 1 amide bonds. The van der Waals surface area contributed by atoms with Gasteiger partial charge in [-0.1, -0.05) is 24.3 Å². The summed E-state index contributed by atoms with van der Waals surface area (Å²) in [7, 11) is 0. The number of carbonyl (C=O) groups is 1. The third-order valence-corrected chi connectivity index (χ3v) is 5.16. The standard InChI is InChI=1S/C18H16F3N3O2/c19-18(20,21)12-9-24-7-6-11(8-13(24)22-12)15-14(16(15)17(25)23-26)10-4-2-1-3-5-10/h1-4,6-10,14-16,26H,5H2,(H,23,25)/t10?,14-,15-,16-/m1/s1. The largest absolute Gasteiger partial charge is 0.434 e. The highest BCUT2D eigenvalue weighted by atomic mass is 19.4. The fourth-order valence-corrected chi connectivity index (χ4v) is 3.94. The number of nitrogens with zero attached hydrogens (tertiary/aromatic N) is 2. The highest BCUT2D eigenvalue weighted by molar-refractivity contribution is 5.83. The van der Waals surface area contributed by atoms with Crippen LogP contribution in [0.25, 0.3) is 5.65 Å². The van der Waals surface area contributed by atoms with Crippen molar-refractivity contribution in [3.8, 4) is 0 Å². The highest BCUT2D eigenvalue weighted by Crippen LogP contribution is 2.59. The molecule has 1 unspecified atom stereocenters. The molecular formula is C18H16F3N3O2. The van der Waals surface area contributed by atoms with Gasteiger partial charge in [0.2, 0.25) is 5.91 Å². The summed E-state index contributed by atoms with van der Waals surface area (Å²) in [5.41, 5.74) is 1.69. The molecule has 0 bridgehead atoms. The average molecular weight is 363 g/mol. The van der Waals surface area contributed by atoms with Crippen LogP contribution in [0.4, 0.5) is 13.2 Å². The van der Waals surface area contributed by atoms with Gasteiger partial charge in [0.1, 0.15) is 5.65 Å². The first-order valence-corrected chi connectivity index (χ1v) is 8.23. The third kappa shape index (κ3) is 2.80. The number of fused-ring (bicyclic) bond motifs is 1. The van der Waals surface area contributed by atoms with Gasteiger partial charge in [-0.25, -0.2) is 10.5 Å². The Morgan fingerprint density at radius 3 is 2.81 bits per heavy atom. The van der Waals surface area contributed by atoms with Gasteiger partial charge in [0.15, 0.2) is 5.69 Å². The van der Waals surface area contributed by atoms with Crippen LogP contribution < -0.4 is 5.48 Å². The second-order valence-electron chi connectivity index (χ2n) is 6.67. The number of amides is 1. The molecule has 136 valence electrons. The predicted octanol–water partition coefficient (Wildman–Crippen LogP) is 3.32. The minimum absolute atomic E-state index is 0.0113. The Kier molecular flexibility index (Phi) is 3.87. The molecule has 1 fully saturated rings. The zero-order valence-electron chi connectivity index (χ0n) is 13.5. The first kappa shape index (κ1) is 16.8. The molecular weight excluding hydrogens is 347 g/mol. The summed E-state index contributed by atoms with van der Waals surface area (Å²) >= 11 is 0.